The minimum atomic E-state index is -1.26. The van der Waals surface area contributed by atoms with E-state index in [0.717, 1.165) is 6.42 Å². The predicted octanol–water partition coefficient (Wildman–Crippen LogP) is 0.407. The summed E-state index contributed by atoms with van der Waals surface area (Å²) < 4.78 is 0. The maximum Gasteiger partial charge on any atom is 0.326 e. The highest BCUT2D eigenvalue weighted by molar-refractivity contribution is 5.82. The third-order valence-electron chi connectivity index (χ3n) is 2.28. The summed E-state index contributed by atoms with van der Waals surface area (Å²) in [5.74, 6) is 0.0996. The molecule has 0 aliphatic rings. The lowest BCUT2D eigenvalue weighted by molar-refractivity contribution is -0.140. The van der Waals surface area contributed by atoms with E-state index in [4.69, 9.17) is 16.6 Å². The van der Waals surface area contributed by atoms with Crippen LogP contribution in [0.5, 0.6) is 0 Å². The van der Waals surface area contributed by atoms with Gasteiger partial charge in [-0.2, -0.15) is 0 Å². The van der Waals surface area contributed by atoms with Gasteiger partial charge in [0.2, 0.25) is 0 Å². The number of terminal acetylenes is 1. The number of unbranched alkanes of at least 4 members (excludes halogenated alkanes) is 2. The molecule has 4 N–H and O–H groups in total. The van der Waals surface area contributed by atoms with Crippen molar-refractivity contribution in [1.82, 2.24) is 10.6 Å². The van der Waals surface area contributed by atoms with Crippen LogP contribution in [-0.4, -0.2) is 40.8 Å². The fourth-order valence-corrected chi connectivity index (χ4v) is 1.29. The summed E-state index contributed by atoms with van der Waals surface area (Å²) in [4.78, 5) is 32.5. The van der Waals surface area contributed by atoms with E-state index in [0.29, 0.717) is 19.4 Å². The minimum Gasteiger partial charge on any atom is -0.481 e. The number of urea groups is 1. The van der Waals surface area contributed by atoms with Crippen molar-refractivity contribution in [3.05, 3.63) is 0 Å². The molecule has 0 aromatic carbocycles. The highest BCUT2D eigenvalue weighted by Crippen LogP contribution is 1.98. The number of carbonyl (C=O) groups is 3. The predicted molar refractivity (Wildman–Crippen MR) is 67.5 cm³/mol. The molecule has 7 nitrogen and oxygen atoms in total. The average molecular weight is 270 g/mol. The van der Waals surface area contributed by atoms with E-state index in [1.807, 2.05) is 0 Å². The second-order valence-electron chi connectivity index (χ2n) is 3.88. The number of hydrogen-bond acceptors (Lipinski definition) is 3. The maximum absolute atomic E-state index is 11.4. The van der Waals surface area contributed by atoms with Crippen molar-refractivity contribution in [2.45, 2.75) is 38.1 Å². The number of hydrogen-bond donors (Lipinski definition) is 4. The molecule has 0 unspecified atom stereocenters. The van der Waals surface area contributed by atoms with Crippen molar-refractivity contribution >= 4 is 18.0 Å². The quantitative estimate of drug-likeness (QED) is 0.357. The largest absolute Gasteiger partial charge is 0.481 e. The van der Waals surface area contributed by atoms with Crippen LogP contribution in [0.15, 0.2) is 0 Å². The molecule has 1 atom stereocenters. The van der Waals surface area contributed by atoms with Crippen molar-refractivity contribution in [3.63, 3.8) is 0 Å². The summed E-state index contributed by atoms with van der Waals surface area (Å²) >= 11 is 0. The molecule has 19 heavy (non-hydrogen) atoms. The Morgan fingerprint density at radius 1 is 1.21 bits per heavy atom. The van der Waals surface area contributed by atoms with Crippen LogP contribution in [-0.2, 0) is 9.59 Å². The average Bonchev–Trinajstić information content (AvgIpc) is 2.33. The van der Waals surface area contributed by atoms with Crippen LogP contribution in [0, 0.1) is 12.3 Å². The fraction of sp³-hybridized carbons (Fsp3) is 0.583. The van der Waals surface area contributed by atoms with Crippen molar-refractivity contribution < 1.29 is 24.6 Å². The molecule has 0 spiro atoms. The molecular formula is C12H18N2O5. The van der Waals surface area contributed by atoms with Crippen LogP contribution in [0.25, 0.3) is 0 Å². The Labute approximate surface area is 111 Å². The third-order valence-corrected chi connectivity index (χ3v) is 2.28. The normalized spacial score (nSPS) is 11.1. The van der Waals surface area contributed by atoms with Gasteiger partial charge in [0.1, 0.15) is 6.04 Å². The molecule has 7 heteroatoms. The van der Waals surface area contributed by atoms with Gasteiger partial charge < -0.3 is 20.8 Å². The number of aliphatic carboxylic acids is 2. The lowest BCUT2D eigenvalue weighted by Gasteiger charge is -2.14. The van der Waals surface area contributed by atoms with E-state index in [9.17, 15) is 14.4 Å². The van der Waals surface area contributed by atoms with Crippen molar-refractivity contribution in [3.8, 4) is 12.3 Å². The van der Waals surface area contributed by atoms with E-state index in [1.54, 1.807) is 0 Å². The van der Waals surface area contributed by atoms with Crippen molar-refractivity contribution in [2.24, 2.45) is 0 Å². The number of carboxylic acids is 2. The van der Waals surface area contributed by atoms with Crippen LogP contribution < -0.4 is 10.6 Å². The molecule has 0 rings (SSSR count). The first-order valence-electron chi connectivity index (χ1n) is 5.89. The van der Waals surface area contributed by atoms with E-state index in [-0.39, 0.29) is 12.8 Å². The van der Waals surface area contributed by atoms with Crippen molar-refractivity contribution in [2.75, 3.05) is 6.54 Å². The van der Waals surface area contributed by atoms with E-state index >= 15 is 0 Å². The molecular weight excluding hydrogens is 252 g/mol. The highest BCUT2D eigenvalue weighted by Gasteiger charge is 2.20. The zero-order valence-electron chi connectivity index (χ0n) is 10.5. The lowest BCUT2D eigenvalue weighted by Crippen LogP contribution is -2.46. The van der Waals surface area contributed by atoms with E-state index in [1.165, 1.54) is 0 Å². The summed E-state index contributed by atoms with van der Waals surface area (Å²) in [6.07, 6.45) is 6.69. The van der Waals surface area contributed by atoms with Crippen LogP contribution >= 0.6 is 0 Å². The van der Waals surface area contributed by atoms with Crippen LogP contribution in [0.1, 0.15) is 32.1 Å². The molecule has 0 bridgehead atoms. The first-order valence-corrected chi connectivity index (χ1v) is 5.89. The SMILES string of the molecule is C#CCCCCNC(=O)N[C@@H](CCC(=O)O)C(=O)O. The first-order chi connectivity index (χ1) is 8.97. The van der Waals surface area contributed by atoms with Gasteiger partial charge in [0, 0.05) is 19.4 Å². The third kappa shape index (κ3) is 9.47. The molecule has 0 aromatic heterocycles. The second-order valence-corrected chi connectivity index (χ2v) is 3.88. The smallest absolute Gasteiger partial charge is 0.326 e. The van der Waals surface area contributed by atoms with Gasteiger partial charge in [0.25, 0.3) is 0 Å². The summed E-state index contributed by atoms with van der Waals surface area (Å²) in [6, 6.07) is -1.83. The zero-order chi connectivity index (χ0) is 14.7. The summed E-state index contributed by atoms with van der Waals surface area (Å²) in [7, 11) is 0. The molecule has 0 saturated heterocycles. The standard InChI is InChI=1S/C12H18N2O5/c1-2-3-4-5-8-13-12(19)14-9(11(17)18)6-7-10(15)16/h1,9H,3-8H2,(H,15,16)(H,17,18)(H2,13,14,19)/t9-/m0/s1. The molecule has 0 saturated carbocycles. The van der Waals surface area contributed by atoms with Gasteiger partial charge in [-0.05, 0) is 19.3 Å². The summed E-state index contributed by atoms with van der Waals surface area (Å²) in [5, 5.41) is 22.0. The Kier molecular flexibility index (Phi) is 8.62. The molecule has 2 amide bonds. The van der Waals surface area contributed by atoms with Gasteiger partial charge in [-0.15, -0.1) is 12.3 Å². The van der Waals surface area contributed by atoms with Gasteiger partial charge in [-0.3, -0.25) is 4.79 Å². The van der Waals surface area contributed by atoms with E-state index in [2.05, 4.69) is 16.6 Å². The fourth-order valence-electron chi connectivity index (χ4n) is 1.29. The topological polar surface area (TPSA) is 116 Å². The number of nitrogens with one attached hydrogen (secondary N) is 2. The van der Waals surface area contributed by atoms with E-state index < -0.39 is 24.0 Å². The molecule has 0 radical (unpaired) electrons. The lowest BCUT2D eigenvalue weighted by atomic mass is 10.1. The Morgan fingerprint density at radius 3 is 2.42 bits per heavy atom. The summed E-state index contributed by atoms with van der Waals surface area (Å²) in [6.45, 7) is 0.388. The van der Waals surface area contributed by atoms with Gasteiger partial charge in [0.05, 0.1) is 0 Å². The highest BCUT2D eigenvalue weighted by atomic mass is 16.4. The molecule has 0 fully saturated rings. The molecule has 0 aliphatic heterocycles. The number of amides is 2. The minimum absolute atomic E-state index is 0.158. The van der Waals surface area contributed by atoms with Crippen molar-refractivity contribution in [1.29, 1.82) is 0 Å². The zero-order valence-corrected chi connectivity index (χ0v) is 10.5. The molecule has 0 aliphatic carbocycles. The van der Waals surface area contributed by atoms with Crippen LogP contribution in [0.3, 0.4) is 0 Å². The molecule has 0 heterocycles. The molecule has 0 aromatic rings. The Balaban J connectivity index is 3.94. The number of carbonyl (C=O) groups excluding carboxylic acids is 1. The number of carboxylic acid groups (broad SMARTS) is 2. The monoisotopic (exact) mass is 270 g/mol. The van der Waals surface area contributed by atoms with Gasteiger partial charge >= 0.3 is 18.0 Å². The molecule has 106 valence electrons. The Hall–Kier alpha value is -2.23. The number of rotatable bonds is 9. The Bertz CT molecular complexity index is 362. The van der Waals surface area contributed by atoms with Gasteiger partial charge in [0.15, 0.2) is 0 Å². The Morgan fingerprint density at radius 2 is 1.89 bits per heavy atom. The van der Waals surface area contributed by atoms with Crippen LogP contribution in [0.2, 0.25) is 0 Å². The summed E-state index contributed by atoms with van der Waals surface area (Å²) in [5.41, 5.74) is 0. The second kappa shape index (κ2) is 9.76. The van der Waals surface area contributed by atoms with Gasteiger partial charge in [-0.25, -0.2) is 9.59 Å². The first kappa shape index (κ1) is 16.8. The van der Waals surface area contributed by atoms with Crippen LogP contribution in [0.4, 0.5) is 4.79 Å². The maximum atomic E-state index is 11.4. The van der Waals surface area contributed by atoms with Gasteiger partial charge in [-0.1, -0.05) is 0 Å².